The highest BCUT2D eigenvalue weighted by atomic mass is 35.5. The minimum absolute atomic E-state index is 0.0667. The summed E-state index contributed by atoms with van der Waals surface area (Å²) in [6, 6.07) is 17.9. The molecule has 1 aliphatic rings. The SMILES string of the molecule is CCC(=O)Nc1ccc(C(C(=O)OC)(c2ccc(Cl)cc2)c2ccc(Cl)cc2)cc1NC1CCN(S(=O)(=O)C(F)(F)F)CC1. The van der Waals surface area contributed by atoms with E-state index < -0.39 is 33.0 Å². The van der Waals surface area contributed by atoms with Gasteiger partial charge in [0.2, 0.25) is 5.91 Å². The van der Waals surface area contributed by atoms with Crippen LogP contribution >= 0.6 is 23.2 Å². The van der Waals surface area contributed by atoms with Crippen molar-refractivity contribution in [2.45, 2.75) is 43.2 Å². The van der Waals surface area contributed by atoms with E-state index in [-0.39, 0.29) is 38.3 Å². The Balaban J connectivity index is 1.82. The van der Waals surface area contributed by atoms with Gasteiger partial charge in [-0.3, -0.25) is 9.59 Å². The molecule has 0 atom stereocenters. The van der Waals surface area contributed by atoms with E-state index in [0.717, 1.165) is 0 Å². The van der Waals surface area contributed by atoms with Crippen LogP contribution < -0.4 is 10.6 Å². The second-order valence-electron chi connectivity index (χ2n) is 10.2. The van der Waals surface area contributed by atoms with E-state index in [4.69, 9.17) is 27.9 Å². The lowest BCUT2D eigenvalue weighted by Gasteiger charge is -2.35. The van der Waals surface area contributed by atoms with Crippen LogP contribution in [0.5, 0.6) is 0 Å². The molecule has 0 bridgehead atoms. The number of ether oxygens (including phenoxy) is 1. The Labute approximate surface area is 263 Å². The number of esters is 1. The molecule has 0 spiro atoms. The van der Waals surface area contributed by atoms with E-state index >= 15 is 0 Å². The van der Waals surface area contributed by atoms with Crippen molar-refractivity contribution in [2.75, 3.05) is 30.8 Å². The van der Waals surface area contributed by atoms with Crippen molar-refractivity contribution < 1.29 is 35.9 Å². The number of nitrogens with one attached hydrogen (secondary N) is 2. The molecule has 1 amide bonds. The number of sulfonamides is 1. The number of methoxy groups -OCH3 is 1. The van der Waals surface area contributed by atoms with Gasteiger partial charge in [-0.2, -0.15) is 17.5 Å². The molecule has 0 aliphatic carbocycles. The van der Waals surface area contributed by atoms with Crippen molar-refractivity contribution in [3.63, 3.8) is 0 Å². The van der Waals surface area contributed by atoms with Crippen molar-refractivity contribution in [3.8, 4) is 0 Å². The fourth-order valence-electron chi connectivity index (χ4n) is 5.26. The third-order valence-corrected chi connectivity index (χ3v) is 9.67. The lowest BCUT2D eigenvalue weighted by molar-refractivity contribution is -0.144. The van der Waals surface area contributed by atoms with Crippen molar-refractivity contribution in [2.24, 2.45) is 0 Å². The average molecular weight is 673 g/mol. The number of hydrogen-bond donors (Lipinski definition) is 2. The number of rotatable bonds is 9. The highest BCUT2D eigenvalue weighted by molar-refractivity contribution is 7.90. The highest BCUT2D eigenvalue weighted by Crippen LogP contribution is 2.43. The van der Waals surface area contributed by atoms with E-state index in [1.807, 2.05) is 0 Å². The third kappa shape index (κ3) is 6.68. The van der Waals surface area contributed by atoms with E-state index in [1.54, 1.807) is 73.7 Å². The van der Waals surface area contributed by atoms with Crippen molar-refractivity contribution in [1.82, 2.24) is 4.31 Å². The van der Waals surface area contributed by atoms with E-state index in [9.17, 15) is 31.2 Å². The molecule has 8 nitrogen and oxygen atoms in total. The summed E-state index contributed by atoms with van der Waals surface area (Å²) < 4.78 is 68.9. The highest BCUT2D eigenvalue weighted by Gasteiger charge is 2.50. The number of carbonyl (C=O) groups excluding carboxylic acids is 2. The molecule has 1 heterocycles. The van der Waals surface area contributed by atoms with Crippen LogP contribution in [0.1, 0.15) is 42.9 Å². The van der Waals surface area contributed by atoms with Gasteiger partial charge in [-0.25, -0.2) is 8.42 Å². The summed E-state index contributed by atoms with van der Waals surface area (Å²) in [5.74, 6) is -0.911. The van der Waals surface area contributed by atoms with Gasteiger partial charge in [-0.15, -0.1) is 0 Å². The number of alkyl halides is 3. The van der Waals surface area contributed by atoms with E-state index in [2.05, 4.69) is 10.6 Å². The molecule has 2 N–H and O–H groups in total. The van der Waals surface area contributed by atoms with Gasteiger partial charge in [0.25, 0.3) is 0 Å². The van der Waals surface area contributed by atoms with Crippen LogP contribution in [0.25, 0.3) is 0 Å². The second-order valence-corrected chi connectivity index (χ2v) is 13.0. The Morgan fingerprint density at radius 3 is 1.84 bits per heavy atom. The topological polar surface area (TPSA) is 105 Å². The van der Waals surface area contributed by atoms with Crippen LogP contribution in [0.2, 0.25) is 10.0 Å². The molecule has 1 saturated heterocycles. The van der Waals surface area contributed by atoms with Crippen molar-refractivity contribution >= 4 is 56.5 Å². The normalized spacial score (nSPS) is 15.1. The molecule has 14 heteroatoms. The first-order valence-corrected chi connectivity index (χ1v) is 15.8. The molecular weight excluding hydrogens is 642 g/mol. The second kappa shape index (κ2) is 13.4. The van der Waals surface area contributed by atoms with Crippen LogP contribution in [0, 0.1) is 0 Å². The molecular formula is C30H30Cl2F3N3O5S. The largest absolute Gasteiger partial charge is 0.511 e. The van der Waals surface area contributed by atoms with Crippen LogP contribution in [-0.4, -0.2) is 56.3 Å². The molecule has 44 heavy (non-hydrogen) atoms. The number of nitrogens with zero attached hydrogens (tertiary/aromatic N) is 1. The first-order valence-electron chi connectivity index (χ1n) is 13.6. The molecule has 0 unspecified atom stereocenters. The van der Waals surface area contributed by atoms with Crippen molar-refractivity contribution in [1.29, 1.82) is 0 Å². The monoisotopic (exact) mass is 671 g/mol. The lowest BCUT2D eigenvalue weighted by Crippen LogP contribution is -2.47. The molecule has 0 aromatic heterocycles. The Hall–Kier alpha value is -3.32. The van der Waals surface area contributed by atoms with Crippen LogP contribution in [0.15, 0.2) is 66.7 Å². The zero-order chi connectivity index (χ0) is 32.3. The van der Waals surface area contributed by atoms with Gasteiger partial charge in [-0.05, 0) is 65.9 Å². The summed E-state index contributed by atoms with van der Waals surface area (Å²) in [4.78, 5) is 26.3. The van der Waals surface area contributed by atoms with Gasteiger partial charge in [0.1, 0.15) is 5.41 Å². The predicted molar refractivity (Wildman–Crippen MR) is 163 cm³/mol. The number of amides is 1. The summed E-state index contributed by atoms with van der Waals surface area (Å²) in [7, 11) is -4.19. The fourth-order valence-corrected chi connectivity index (χ4v) is 6.49. The minimum Gasteiger partial charge on any atom is -0.468 e. The van der Waals surface area contributed by atoms with Crippen LogP contribution in [0.4, 0.5) is 24.5 Å². The lowest BCUT2D eigenvalue weighted by atomic mass is 9.69. The molecule has 0 saturated carbocycles. The molecule has 1 fully saturated rings. The molecule has 3 aromatic carbocycles. The summed E-state index contributed by atoms with van der Waals surface area (Å²) in [5.41, 5.74) is -4.66. The molecule has 1 aliphatic heterocycles. The number of benzene rings is 3. The quantitative estimate of drug-likeness (QED) is 0.197. The van der Waals surface area contributed by atoms with Gasteiger partial charge in [0.05, 0.1) is 18.5 Å². The maximum absolute atomic E-state index is 13.9. The van der Waals surface area contributed by atoms with Gasteiger partial charge >= 0.3 is 21.5 Å². The summed E-state index contributed by atoms with van der Waals surface area (Å²) in [5, 5.41) is 6.97. The Morgan fingerprint density at radius 1 is 0.886 bits per heavy atom. The molecule has 4 rings (SSSR count). The minimum atomic E-state index is -5.45. The first-order chi connectivity index (χ1) is 20.7. The van der Waals surface area contributed by atoms with E-state index in [0.29, 0.717) is 42.4 Å². The Bertz CT molecular complexity index is 1560. The number of hydrogen-bond acceptors (Lipinski definition) is 6. The Kier molecular flexibility index (Phi) is 10.2. The maximum Gasteiger partial charge on any atom is 0.511 e. The van der Waals surface area contributed by atoms with Crippen molar-refractivity contribution in [3.05, 3.63) is 93.5 Å². The molecule has 3 aromatic rings. The summed E-state index contributed by atoms with van der Waals surface area (Å²) >= 11 is 12.4. The summed E-state index contributed by atoms with van der Waals surface area (Å²) in [6.07, 6.45) is 0.310. The third-order valence-electron chi connectivity index (χ3n) is 7.54. The first kappa shape index (κ1) is 33.6. The Morgan fingerprint density at radius 2 is 1.39 bits per heavy atom. The van der Waals surface area contributed by atoms with Gasteiger partial charge < -0.3 is 15.4 Å². The van der Waals surface area contributed by atoms with Gasteiger partial charge in [0.15, 0.2) is 0 Å². The zero-order valence-corrected chi connectivity index (χ0v) is 26.1. The fraction of sp³-hybridized carbons (Fsp3) is 0.333. The molecule has 236 valence electrons. The van der Waals surface area contributed by atoms with Crippen LogP contribution in [-0.2, 0) is 29.8 Å². The van der Waals surface area contributed by atoms with E-state index in [1.165, 1.54) is 7.11 Å². The van der Waals surface area contributed by atoms with Gasteiger partial charge in [0, 0.05) is 35.6 Å². The predicted octanol–water partition coefficient (Wildman–Crippen LogP) is 6.58. The number of anilines is 2. The average Bonchev–Trinajstić information content (AvgIpc) is 2.99. The summed E-state index contributed by atoms with van der Waals surface area (Å²) in [6.45, 7) is 0.978. The number of halogens is 5. The van der Waals surface area contributed by atoms with Gasteiger partial charge in [-0.1, -0.05) is 60.5 Å². The maximum atomic E-state index is 13.9. The number of piperidine rings is 1. The molecule has 0 radical (unpaired) electrons. The standard InChI is InChI=1S/C30H30Cl2F3N3O5S/c1-3-27(39)37-25-13-8-21(18-26(25)36-24-14-16-38(17-15-24)44(41,42)30(33,34)35)29(28(40)43-2,19-4-9-22(31)10-5-19)20-6-11-23(32)12-7-20/h4-13,18,24,36H,3,14-17H2,1-2H3,(H,37,39). The van der Waals surface area contributed by atoms with Crippen LogP contribution in [0.3, 0.4) is 0 Å². The zero-order valence-electron chi connectivity index (χ0n) is 23.8. The smallest absolute Gasteiger partial charge is 0.468 e. The number of carbonyl (C=O) groups is 2.